The molecule has 1 aliphatic heterocycles. The van der Waals surface area contributed by atoms with Gasteiger partial charge in [-0.15, -0.1) is 0 Å². The fraction of sp³-hybridized carbons (Fsp3) is 0.462. The summed E-state index contributed by atoms with van der Waals surface area (Å²) in [5.74, 6) is -1.06. The lowest BCUT2D eigenvalue weighted by Crippen LogP contribution is -2.43. The lowest BCUT2D eigenvalue weighted by atomic mass is 9.96. The molecule has 0 saturated carbocycles. The predicted octanol–water partition coefficient (Wildman–Crippen LogP) is 1.99. The molecule has 0 radical (unpaired) electrons. The van der Waals surface area contributed by atoms with Crippen LogP contribution in [-0.4, -0.2) is 41.0 Å². The first-order valence-corrected chi connectivity index (χ1v) is 6.41. The summed E-state index contributed by atoms with van der Waals surface area (Å²) in [5, 5.41) is 22.8. The number of benzene rings is 1. The molecule has 19 heavy (non-hydrogen) atoms. The molecule has 1 fully saturated rings. The van der Waals surface area contributed by atoms with Crippen molar-refractivity contribution in [2.45, 2.75) is 25.0 Å². The summed E-state index contributed by atoms with van der Waals surface area (Å²) in [6.07, 6.45) is 0.248. The van der Waals surface area contributed by atoms with Crippen LogP contribution in [0.3, 0.4) is 0 Å². The van der Waals surface area contributed by atoms with E-state index in [9.17, 15) is 9.90 Å². The normalized spacial score (nSPS) is 26.4. The number of anilines is 1. The number of aliphatic hydroxyl groups is 1. The Morgan fingerprint density at radius 3 is 2.95 bits per heavy atom. The van der Waals surface area contributed by atoms with Crippen LogP contribution in [0, 0.1) is 0 Å². The third-order valence-electron chi connectivity index (χ3n) is 3.46. The van der Waals surface area contributed by atoms with E-state index in [1.807, 2.05) is 0 Å². The Morgan fingerprint density at radius 1 is 1.63 bits per heavy atom. The molecule has 0 spiro atoms. The molecule has 1 saturated heterocycles. The maximum absolute atomic E-state index is 11.1. The van der Waals surface area contributed by atoms with Crippen LogP contribution in [0.4, 0.5) is 5.69 Å². The van der Waals surface area contributed by atoms with Gasteiger partial charge in [0.1, 0.15) is 5.60 Å². The minimum atomic E-state index is -1.06. The fourth-order valence-corrected chi connectivity index (χ4v) is 2.27. The molecule has 2 rings (SSSR count). The molecular weight excluding hydrogens is 270 g/mol. The maximum Gasteiger partial charge on any atom is 0.337 e. The molecule has 1 heterocycles. The lowest BCUT2D eigenvalue weighted by Gasteiger charge is -2.27. The molecule has 1 aromatic carbocycles. The second kappa shape index (κ2) is 5.36. The van der Waals surface area contributed by atoms with Crippen molar-refractivity contribution in [2.24, 2.45) is 0 Å². The van der Waals surface area contributed by atoms with Crippen LogP contribution in [0.5, 0.6) is 0 Å². The van der Waals surface area contributed by atoms with Crippen molar-refractivity contribution in [3.63, 3.8) is 0 Å². The van der Waals surface area contributed by atoms with E-state index < -0.39 is 11.6 Å². The van der Waals surface area contributed by atoms with Crippen molar-refractivity contribution in [3.8, 4) is 0 Å². The van der Waals surface area contributed by atoms with Crippen molar-refractivity contribution in [3.05, 3.63) is 28.8 Å². The number of carbonyl (C=O) groups is 1. The number of carboxylic acid groups (broad SMARTS) is 1. The van der Waals surface area contributed by atoms with Crippen LogP contribution >= 0.6 is 11.6 Å². The minimum Gasteiger partial charge on any atom is -0.478 e. The van der Waals surface area contributed by atoms with Gasteiger partial charge in [-0.3, -0.25) is 0 Å². The Bertz CT molecular complexity index is 494. The highest BCUT2D eigenvalue weighted by Gasteiger charge is 2.39. The van der Waals surface area contributed by atoms with Gasteiger partial charge in [0.2, 0.25) is 0 Å². The molecule has 0 amide bonds. The first kappa shape index (κ1) is 14.1. The Morgan fingerprint density at radius 2 is 2.37 bits per heavy atom. The summed E-state index contributed by atoms with van der Waals surface area (Å²) in [4.78, 5) is 11.1. The highest BCUT2D eigenvalue weighted by molar-refractivity contribution is 6.31. The second-order valence-corrected chi connectivity index (χ2v) is 5.15. The van der Waals surface area contributed by atoms with Gasteiger partial charge >= 0.3 is 5.97 Å². The first-order valence-electron chi connectivity index (χ1n) is 6.03. The van der Waals surface area contributed by atoms with Gasteiger partial charge in [-0.25, -0.2) is 4.79 Å². The van der Waals surface area contributed by atoms with E-state index in [1.54, 1.807) is 19.1 Å². The number of nitrogens with one attached hydrogen (secondary N) is 1. The quantitative estimate of drug-likeness (QED) is 0.788. The third-order valence-corrected chi connectivity index (χ3v) is 3.69. The summed E-state index contributed by atoms with van der Waals surface area (Å²) in [5.41, 5.74) is -0.456. The summed E-state index contributed by atoms with van der Waals surface area (Å²) < 4.78 is 5.33. The van der Waals surface area contributed by atoms with E-state index in [0.717, 1.165) is 0 Å². The van der Waals surface area contributed by atoms with Gasteiger partial charge in [-0.2, -0.15) is 0 Å². The maximum atomic E-state index is 11.1. The number of halogens is 1. The lowest BCUT2D eigenvalue weighted by molar-refractivity contribution is -0.0176. The van der Waals surface area contributed by atoms with Gasteiger partial charge in [0.05, 0.1) is 11.7 Å². The summed E-state index contributed by atoms with van der Waals surface area (Å²) in [6, 6.07) is 4.58. The summed E-state index contributed by atoms with van der Waals surface area (Å²) in [6.45, 7) is 2.54. The van der Waals surface area contributed by atoms with Crippen molar-refractivity contribution < 1.29 is 19.7 Å². The zero-order valence-electron chi connectivity index (χ0n) is 10.5. The summed E-state index contributed by atoms with van der Waals surface area (Å²) >= 11 is 5.78. The van der Waals surface area contributed by atoms with Crippen molar-refractivity contribution in [2.75, 3.05) is 18.5 Å². The molecule has 2 atom stereocenters. The minimum absolute atomic E-state index is 0.0858. The molecule has 5 nitrogen and oxygen atoms in total. The standard InChI is InChI=1S/C13H16ClNO4/c1-8-13(18,4-5-19-8)7-15-11-3-2-9(14)6-10(11)12(16)17/h2-3,6,8,15,18H,4-5,7H2,1H3,(H,16,17). The van der Waals surface area contributed by atoms with Gasteiger partial charge in [0.25, 0.3) is 0 Å². The van der Waals surface area contributed by atoms with E-state index in [4.69, 9.17) is 21.4 Å². The third kappa shape index (κ3) is 3.00. The Hall–Kier alpha value is -1.30. The van der Waals surface area contributed by atoms with Crippen LogP contribution in [0.2, 0.25) is 5.02 Å². The topological polar surface area (TPSA) is 78.8 Å². The number of hydrogen-bond donors (Lipinski definition) is 3. The molecule has 1 aliphatic rings. The fourth-order valence-electron chi connectivity index (χ4n) is 2.10. The average Bonchev–Trinajstić information content (AvgIpc) is 2.68. The molecule has 104 valence electrons. The predicted molar refractivity (Wildman–Crippen MR) is 71.9 cm³/mol. The average molecular weight is 286 g/mol. The van der Waals surface area contributed by atoms with Crippen molar-refractivity contribution in [1.82, 2.24) is 0 Å². The van der Waals surface area contributed by atoms with E-state index in [0.29, 0.717) is 23.7 Å². The number of ether oxygens (including phenoxy) is 1. The first-order chi connectivity index (χ1) is 8.92. The molecule has 2 unspecified atom stereocenters. The van der Waals surface area contributed by atoms with E-state index >= 15 is 0 Å². The largest absolute Gasteiger partial charge is 0.478 e. The van der Waals surface area contributed by atoms with Gasteiger partial charge in [-0.1, -0.05) is 11.6 Å². The zero-order valence-corrected chi connectivity index (χ0v) is 11.3. The van der Waals surface area contributed by atoms with Crippen LogP contribution in [0.1, 0.15) is 23.7 Å². The SMILES string of the molecule is CC1OCCC1(O)CNc1ccc(Cl)cc1C(=O)O. The smallest absolute Gasteiger partial charge is 0.337 e. The van der Waals surface area contributed by atoms with Crippen LogP contribution < -0.4 is 5.32 Å². The monoisotopic (exact) mass is 285 g/mol. The molecular formula is C13H16ClNO4. The summed E-state index contributed by atoms with van der Waals surface area (Å²) in [7, 11) is 0. The highest BCUT2D eigenvalue weighted by atomic mass is 35.5. The Labute approximate surface area is 116 Å². The van der Waals surface area contributed by atoms with E-state index in [-0.39, 0.29) is 18.2 Å². The van der Waals surface area contributed by atoms with Gasteiger partial charge in [-0.05, 0) is 25.1 Å². The molecule has 0 aromatic heterocycles. The number of carboxylic acids is 1. The highest BCUT2D eigenvalue weighted by Crippen LogP contribution is 2.27. The number of hydrogen-bond acceptors (Lipinski definition) is 4. The van der Waals surface area contributed by atoms with Crippen LogP contribution in [-0.2, 0) is 4.74 Å². The molecule has 0 aliphatic carbocycles. The molecule has 0 bridgehead atoms. The molecule has 3 N–H and O–H groups in total. The Kier molecular flexibility index (Phi) is 3.99. The molecule has 1 aromatic rings. The second-order valence-electron chi connectivity index (χ2n) is 4.72. The number of rotatable bonds is 4. The molecule has 6 heteroatoms. The van der Waals surface area contributed by atoms with E-state index in [2.05, 4.69) is 5.32 Å². The van der Waals surface area contributed by atoms with Crippen LogP contribution in [0.15, 0.2) is 18.2 Å². The number of aromatic carboxylic acids is 1. The van der Waals surface area contributed by atoms with Gasteiger partial charge < -0.3 is 20.3 Å². The van der Waals surface area contributed by atoms with Gasteiger partial charge in [0, 0.05) is 30.3 Å². The van der Waals surface area contributed by atoms with E-state index in [1.165, 1.54) is 6.07 Å². The Balaban J connectivity index is 2.13. The van der Waals surface area contributed by atoms with Crippen LogP contribution in [0.25, 0.3) is 0 Å². The van der Waals surface area contributed by atoms with Gasteiger partial charge in [0.15, 0.2) is 0 Å². The van der Waals surface area contributed by atoms with Crippen molar-refractivity contribution >= 4 is 23.3 Å². The zero-order chi connectivity index (χ0) is 14.0. The van der Waals surface area contributed by atoms with Crippen molar-refractivity contribution in [1.29, 1.82) is 0 Å².